The van der Waals surface area contributed by atoms with Crippen molar-refractivity contribution in [2.75, 3.05) is 20.2 Å². The first kappa shape index (κ1) is 16.8. The first-order valence-corrected chi connectivity index (χ1v) is 6.48. The van der Waals surface area contributed by atoms with E-state index in [1.54, 1.807) is 0 Å². The van der Waals surface area contributed by atoms with Crippen LogP contribution in [0.2, 0.25) is 0 Å². The lowest BCUT2D eigenvalue weighted by atomic mass is 9.89. The predicted octanol–water partition coefficient (Wildman–Crippen LogP) is 2.74. The topological polar surface area (TPSA) is 61.3 Å². The van der Waals surface area contributed by atoms with Crippen LogP contribution in [-0.2, 0) is 6.18 Å². The van der Waals surface area contributed by atoms with Crippen molar-refractivity contribution in [3.05, 3.63) is 29.3 Å². The van der Waals surface area contributed by atoms with Gasteiger partial charge in [0.25, 0.3) is 0 Å². The van der Waals surface area contributed by atoms with E-state index >= 15 is 0 Å². The van der Waals surface area contributed by atoms with Crippen LogP contribution < -0.4 is 16.2 Å². The molecule has 1 aromatic carbocycles. The number of hydrogen-bond acceptors (Lipinski definition) is 3. The molecule has 0 saturated heterocycles. The minimum absolute atomic E-state index is 0.0318. The summed E-state index contributed by atoms with van der Waals surface area (Å²) in [6, 6.07) is 3.58. The average molecular weight is 290 g/mol. The Hall–Kier alpha value is -1.27. The van der Waals surface area contributed by atoms with E-state index in [1.165, 1.54) is 13.2 Å². The predicted molar refractivity (Wildman–Crippen MR) is 72.6 cm³/mol. The number of benzene rings is 1. The number of alkyl halides is 3. The zero-order chi connectivity index (χ0) is 15.3. The van der Waals surface area contributed by atoms with Gasteiger partial charge >= 0.3 is 6.18 Å². The van der Waals surface area contributed by atoms with Crippen LogP contribution >= 0.6 is 0 Å². The van der Waals surface area contributed by atoms with E-state index in [4.69, 9.17) is 16.2 Å². The summed E-state index contributed by atoms with van der Waals surface area (Å²) >= 11 is 0. The number of methoxy groups -OCH3 is 1. The number of rotatable bonds is 6. The van der Waals surface area contributed by atoms with E-state index in [1.807, 2.05) is 6.92 Å². The van der Waals surface area contributed by atoms with Crippen LogP contribution in [0.4, 0.5) is 13.2 Å². The Morgan fingerprint density at radius 2 is 1.80 bits per heavy atom. The van der Waals surface area contributed by atoms with Gasteiger partial charge in [0.2, 0.25) is 0 Å². The molecule has 0 aliphatic rings. The van der Waals surface area contributed by atoms with Crippen molar-refractivity contribution < 1.29 is 17.9 Å². The van der Waals surface area contributed by atoms with Crippen LogP contribution in [0.1, 0.15) is 30.4 Å². The van der Waals surface area contributed by atoms with Crippen molar-refractivity contribution in [1.29, 1.82) is 0 Å². The molecule has 1 unspecified atom stereocenters. The van der Waals surface area contributed by atoms with Gasteiger partial charge in [-0.2, -0.15) is 13.2 Å². The molecule has 1 aromatic rings. The van der Waals surface area contributed by atoms with E-state index in [2.05, 4.69) is 0 Å². The molecular weight excluding hydrogens is 269 g/mol. The lowest BCUT2D eigenvalue weighted by Gasteiger charge is -2.21. The standard InChI is InChI=1S/C14H21F3N2O/c1-9(5-10(7-18)8-19)12-4-3-11(14(15,16)17)6-13(12)20-2/h3-4,6,9-10H,5,7-8,18-19H2,1-2H3. The maximum Gasteiger partial charge on any atom is 0.416 e. The summed E-state index contributed by atoms with van der Waals surface area (Å²) in [5.41, 5.74) is 11.2. The fraction of sp³-hybridized carbons (Fsp3) is 0.571. The highest BCUT2D eigenvalue weighted by atomic mass is 19.4. The molecule has 0 aliphatic heterocycles. The SMILES string of the molecule is COc1cc(C(F)(F)F)ccc1C(C)CC(CN)CN. The van der Waals surface area contributed by atoms with Crippen molar-refractivity contribution >= 4 is 0 Å². The van der Waals surface area contributed by atoms with Crippen molar-refractivity contribution in [2.45, 2.75) is 25.4 Å². The minimum Gasteiger partial charge on any atom is -0.496 e. The number of ether oxygens (including phenoxy) is 1. The lowest BCUT2D eigenvalue weighted by molar-refractivity contribution is -0.137. The first-order chi connectivity index (χ1) is 9.33. The summed E-state index contributed by atoms with van der Waals surface area (Å²) < 4.78 is 43.1. The summed E-state index contributed by atoms with van der Waals surface area (Å²) in [6.45, 7) is 2.86. The van der Waals surface area contributed by atoms with E-state index in [9.17, 15) is 13.2 Å². The molecule has 0 spiro atoms. The van der Waals surface area contributed by atoms with Crippen LogP contribution in [0.25, 0.3) is 0 Å². The molecule has 3 nitrogen and oxygen atoms in total. The summed E-state index contributed by atoms with van der Waals surface area (Å²) in [5, 5.41) is 0. The van der Waals surface area contributed by atoms with Crippen LogP contribution in [0.3, 0.4) is 0 Å². The Morgan fingerprint density at radius 1 is 1.20 bits per heavy atom. The number of hydrogen-bond donors (Lipinski definition) is 2. The van der Waals surface area contributed by atoms with E-state index in [0.717, 1.165) is 17.7 Å². The van der Waals surface area contributed by atoms with Gasteiger partial charge in [0.15, 0.2) is 0 Å². The molecule has 1 rings (SSSR count). The fourth-order valence-electron chi connectivity index (χ4n) is 2.21. The van der Waals surface area contributed by atoms with Gasteiger partial charge in [-0.25, -0.2) is 0 Å². The van der Waals surface area contributed by atoms with Crippen molar-refractivity contribution in [3.63, 3.8) is 0 Å². The van der Waals surface area contributed by atoms with Crippen LogP contribution in [0.5, 0.6) is 5.75 Å². The Morgan fingerprint density at radius 3 is 2.25 bits per heavy atom. The second kappa shape index (κ2) is 6.95. The average Bonchev–Trinajstić information content (AvgIpc) is 2.42. The molecule has 0 radical (unpaired) electrons. The highest BCUT2D eigenvalue weighted by molar-refractivity contribution is 5.40. The molecule has 0 saturated carbocycles. The minimum atomic E-state index is -4.37. The van der Waals surface area contributed by atoms with Gasteiger partial charge in [0.1, 0.15) is 5.75 Å². The molecule has 20 heavy (non-hydrogen) atoms. The highest BCUT2D eigenvalue weighted by Crippen LogP contribution is 2.36. The second-order valence-electron chi connectivity index (χ2n) is 4.93. The Kier molecular flexibility index (Phi) is 5.83. The molecule has 0 amide bonds. The first-order valence-electron chi connectivity index (χ1n) is 6.48. The Labute approximate surface area is 117 Å². The Bertz CT molecular complexity index is 431. The molecule has 0 aliphatic carbocycles. The maximum absolute atomic E-state index is 12.7. The van der Waals surface area contributed by atoms with Gasteiger partial charge in [0.05, 0.1) is 12.7 Å². The molecule has 114 valence electrons. The number of nitrogens with two attached hydrogens (primary N) is 2. The third-order valence-corrected chi connectivity index (χ3v) is 3.45. The molecule has 1 atom stereocenters. The molecule has 0 heterocycles. The molecule has 0 fully saturated rings. The summed E-state index contributed by atoms with van der Waals surface area (Å²) in [5.74, 6) is 0.432. The lowest BCUT2D eigenvalue weighted by Crippen LogP contribution is -2.24. The smallest absolute Gasteiger partial charge is 0.416 e. The van der Waals surface area contributed by atoms with Gasteiger partial charge < -0.3 is 16.2 Å². The van der Waals surface area contributed by atoms with Crippen LogP contribution in [-0.4, -0.2) is 20.2 Å². The largest absolute Gasteiger partial charge is 0.496 e. The third-order valence-electron chi connectivity index (χ3n) is 3.45. The van der Waals surface area contributed by atoms with Crippen molar-refractivity contribution in [1.82, 2.24) is 0 Å². The zero-order valence-electron chi connectivity index (χ0n) is 11.7. The summed E-state index contributed by atoms with van der Waals surface area (Å²) in [6.07, 6.45) is -3.65. The van der Waals surface area contributed by atoms with Crippen LogP contribution in [0, 0.1) is 5.92 Å². The maximum atomic E-state index is 12.7. The fourth-order valence-corrected chi connectivity index (χ4v) is 2.21. The van der Waals surface area contributed by atoms with Gasteiger partial charge in [-0.05, 0) is 49.0 Å². The van der Waals surface area contributed by atoms with Crippen LogP contribution in [0.15, 0.2) is 18.2 Å². The van der Waals surface area contributed by atoms with E-state index in [0.29, 0.717) is 19.5 Å². The molecular formula is C14H21F3N2O. The molecule has 0 bridgehead atoms. The van der Waals surface area contributed by atoms with Gasteiger partial charge in [-0.3, -0.25) is 0 Å². The monoisotopic (exact) mass is 290 g/mol. The third kappa shape index (κ3) is 4.11. The molecule has 6 heteroatoms. The zero-order valence-corrected chi connectivity index (χ0v) is 11.7. The van der Waals surface area contributed by atoms with Crippen molar-refractivity contribution in [3.8, 4) is 5.75 Å². The summed E-state index contributed by atoms with van der Waals surface area (Å²) in [4.78, 5) is 0. The quantitative estimate of drug-likeness (QED) is 0.847. The molecule has 4 N–H and O–H groups in total. The highest BCUT2D eigenvalue weighted by Gasteiger charge is 2.31. The Balaban J connectivity index is 3.00. The number of halogens is 3. The normalized spacial score (nSPS) is 13.6. The second-order valence-corrected chi connectivity index (χ2v) is 4.93. The van der Waals surface area contributed by atoms with E-state index in [-0.39, 0.29) is 17.6 Å². The van der Waals surface area contributed by atoms with Gasteiger partial charge in [-0.1, -0.05) is 13.0 Å². The van der Waals surface area contributed by atoms with E-state index < -0.39 is 11.7 Å². The molecule has 0 aromatic heterocycles. The summed E-state index contributed by atoms with van der Waals surface area (Å²) in [7, 11) is 1.37. The van der Waals surface area contributed by atoms with Gasteiger partial charge in [-0.15, -0.1) is 0 Å². The van der Waals surface area contributed by atoms with Crippen molar-refractivity contribution in [2.24, 2.45) is 17.4 Å². The van der Waals surface area contributed by atoms with Gasteiger partial charge in [0, 0.05) is 0 Å².